The van der Waals surface area contributed by atoms with Gasteiger partial charge in [0.25, 0.3) is 5.56 Å². The zero-order valence-corrected chi connectivity index (χ0v) is 17.6. The Morgan fingerprint density at radius 2 is 1.74 bits per heavy atom. The van der Waals surface area contributed by atoms with Crippen LogP contribution in [0.3, 0.4) is 0 Å². The first-order valence-corrected chi connectivity index (χ1v) is 11.0. The predicted molar refractivity (Wildman–Crippen MR) is 115 cm³/mol. The fraction of sp³-hybridized carbons (Fsp3) is 0.545. The van der Waals surface area contributed by atoms with Gasteiger partial charge in [-0.2, -0.15) is 0 Å². The molecule has 9 heteroatoms. The van der Waals surface area contributed by atoms with Crippen molar-refractivity contribution >= 4 is 0 Å². The lowest BCUT2D eigenvalue weighted by molar-refractivity contribution is 0.0473. The minimum Gasteiger partial charge on any atom is -0.454 e. The van der Waals surface area contributed by atoms with Gasteiger partial charge < -0.3 is 14.5 Å². The van der Waals surface area contributed by atoms with Crippen molar-refractivity contribution in [1.82, 2.24) is 24.7 Å². The number of rotatable bonds is 5. The summed E-state index contributed by atoms with van der Waals surface area (Å²) in [6.07, 6.45) is 2.33. The molecule has 2 saturated heterocycles. The van der Waals surface area contributed by atoms with Gasteiger partial charge in [0.2, 0.25) is 6.79 Å². The van der Waals surface area contributed by atoms with Crippen LogP contribution in [0.15, 0.2) is 33.9 Å². The summed E-state index contributed by atoms with van der Waals surface area (Å²) < 4.78 is 10.9. The topological polar surface area (TPSA) is 93.9 Å². The van der Waals surface area contributed by atoms with Crippen LogP contribution in [-0.4, -0.2) is 76.8 Å². The molecule has 31 heavy (non-hydrogen) atoms. The van der Waals surface area contributed by atoms with E-state index in [4.69, 9.17) is 9.47 Å². The quantitative estimate of drug-likeness (QED) is 0.721. The van der Waals surface area contributed by atoms with Crippen LogP contribution in [0.5, 0.6) is 11.5 Å². The predicted octanol–water partition coefficient (Wildman–Crippen LogP) is 0.574. The van der Waals surface area contributed by atoms with Gasteiger partial charge in [-0.25, -0.2) is 4.79 Å². The highest BCUT2D eigenvalue weighted by molar-refractivity contribution is 5.44. The summed E-state index contributed by atoms with van der Waals surface area (Å²) in [6.45, 7) is 8.03. The van der Waals surface area contributed by atoms with E-state index in [-0.39, 0.29) is 5.56 Å². The smallest absolute Gasteiger partial charge is 0.325 e. The van der Waals surface area contributed by atoms with E-state index in [9.17, 15) is 9.59 Å². The first-order chi connectivity index (χ1) is 15.1. The van der Waals surface area contributed by atoms with Gasteiger partial charge in [-0.05, 0) is 37.1 Å². The molecule has 1 aromatic carbocycles. The molecule has 0 radical (unpaired) electrons. The average molecular weight is 428 g/mol. The van der Waals surface area contributed by atoms with Crippen molar-refractivity contribution in [2.75, 3.05) is 46.1 Å². The van der Waals surface area contributed by atoms with Crippen molar-refractivity contribution < 1.29 is 9.47 Å². The summed E-state index contributed by atoms with van der Waals surface area (Å²) in [5.41, 5.74) is 1.16. The number of fused-ring (bicyclic) bond motifs is 1. The number of nitrogens with one attached hydrogen (secondary N) is 2. The highest BCUT2D eigenvalue weighted by Gasteiger charge is 2.28. The molecule has 0 saturated carbocycles. The van der Waals surface area contributed by atoms with E-state index in [0.717, 1.165) is 63.7 Å². The van der Waals surface area contributed by atoms with Gasteiger partial charge >= 0.3 is 5.69 Å². The summed E-state index contributed by atoms with van der Waals surface area (Å²) in [6, 6.07) is 8.22. The third kappa shape index (κ3) is 4.84. The Hall–Kier alpha value is -2.62. The van der Waals surface area contributed by atoms with Gasteiger partial charge in [0.15, 0.2) is 11.5 Å². The monoisotopic (exact) mass is 427 g/mol. The zero-order chi connectivity index (χ0) is 21.2. The molecular weight excluding hydrogens is 398 g/mol. The molecule has 2 N–H and O–H groups in total. The SMILES string of the molecule is O=c1cc(CN2CCCC(N3CCN(Cc4ccc5c(c4)OCO5)CC3)C2)[nH]c(=O)[nH]1. The molecular formula is C22H29N5O4. The lowest BCUT2D eigenvalue weighted by Crippen LogP contribution is -2.54. The number of nitrogens with zero attached hydrogens (tertiary/aromatic N) is 3. The van der Waals surface area contributed by atoms with Crippen LogP contribution in [0.2, 0.25) is 0 Å². The largest absolute Gasteiger partial charge is 0.454 e. The third-order valence-corrected chi connectivity index (χ3v) is 6.46. The maximum Gasteiger partial charge on any atom is 0.325 e. The maximum absolute atomic E-state index is 11.6. The number of hydrogen-bond acceptors (Lipinski definition) is 7. The molecule has 1 atom stereocenters. The van der Waals surface area contributed by atoms with E-state index >= 15 is 0 Å². The summed E-state index contributed by atoms with van der Waals surface area (Å²) in [7, 11) is 0. The second-order valence-electron chi connectivity index (χ2n) is 8.64. The van der Waals surface area contributed by atoms with Crippen molar-refractivity contribution in [1.29, 1.82) is 0 Å². The van der Waals surface area contributed by atoms with E-state index < -0.39 is 5.69 Å². The van der Waals surface area contributed by atoms with E-state index in [0.29, 0.717) is 25.1 Å². The van der Waals surface area contributed by atoms with Gasteiger partial charge in [0.1, 0.15) is 0 Å². The van der Waals surface area contributed by atoms with Gasteiger partial charge in [0, 0.05) is 63.6 Å². The lowest BCUT2D eigenvalue weighted by atomic mass is 10.0. The molecule has 0 spiro atoms. The zero-order valence-electron chi connectivity index (χ0n) is 17.6. The normalized spacial score (nSPS) is 22.6. The number of H-pyrrole nitrogens is 2. The number of likely N-dealkylation sites (tertiary alicyclic amines) is 1. The molecule has 4 heterocycles. The molecule has 1 unspecified atom stereocenters. The summed E-state index contributed by atoms with van der Waals surface area (Å²) in [5, 5.41) is 0. The highest BCUT2D eigenvalue weighted by Crippen LogP contribution is 2.33. The van der Waals surface area contributed by atoms with Crippen LogP contribution < -0.4 is 20.7 Å². The Bertz CT molecular complexity index is 999. The van der Waals surface area contributed by atoms with E-state index in [1.165, 1.54) is 18.1 Å². The second-order valence-corrected chi connectivity index (χ2v) is 8.64. The first kappa shape index (κ1) is 20.3. The Kier molecular flexibility index (Phi) is 5.80. The minimum atomic E-state index is -0.436. The van der Waals surface area contributed by atoms with Crippen molar-refractivity contribution in [3.63, 3.8) is 0 Å². The van der Waals surface area contributed by atoms with Crippen LogP contribution >= 0.6 is 0 Å². The van der Waals surface area contributed by atoms with E-state index in [1.807, 2.05) is 6.07 Å². The molecule has 9 nitrogen and oxygen atoms in total. The van der Waals surface area contributed by atoms with Gasteiger partial charge in [-0.3, -0.25) is 24.5 Å². The fourth-order valence-corrected chi connectivity index (χ4v) is 4.90. The number of piperidine rings is 1. The van der Waals surface area contributed by atoms with E-state index in [1.54, 1.807) is 0 Å². The van der Waals surface area contributed by atoms with Crippen LogP contribution in [0.4, 0.5) is 0 Å². The molecule has 3 aliphatic heterocycles. The number of aromatic amines is 2. The third-order valence-electron chi connectivity index (χ3n) is 6.46. The Labute approximate surface area is 180 Å². The fourth-order valence-electron chi connectivity index (χ4n) is 4.90. The van der Waals surface area contributed by atoms with Crippen molar-refractivity contribution in [3.8, 4) is 11.5 Å². The Balaban J connectivity index is 1.13. The maximum atomic E-state index is 11.6. The van der Waals surface area contributed by atoms with Crippen LogP contribution in [0.1, 0.15) is 24.1 Å². The first-order valence-electron chi connectivity index (χ1n) is 11.0. The van der Waals surface area contributed by atoms with Crippen LogP contribution in [-0.2, 0) is 13.1 Å². The number of hydrogen-bond donors (Lipinski definition) is 2. The molecule has 0 bridgehead atoms. The van der Waals surface area contributed by atoms with Gasteiger partial charge in [-0.1, -0.05) is 6.07 Å². The molecule has 2 fully saturated rings. The molecule has 0 amide bonds. The van der Waals surface area contributed by atoms with Crippen molar-refractivity contribution in [2.24, 2.45) is 0 Å². The molecule has 1 aromatic heterocycles. The summed E-state index contributed by atoms with van der Waals surface area (Å²) >= 11 is 0. The van der Waals surface area contributed by atoms with Gasteiger partial charge in [-0.15, -0.1) is 0 Å². The van der Waals surface area contributed by atoms with Crippen LogP contribution in [0, 0.1) is 0 Å². The average Bonchev–Trinajstić information content (AvgIpc) is 3.22. The summed E-state index contributed by atoms with van der Waals surface area (Å²) in [4.78, 5) is 35.5. The minimum absolute atomic E-state index is 0.312. The van der Waals surface area contributed by atoms with Crippen molar-refractivity contribution in [2.45, 2.75) is 32.0 Å². The molecule has 166 valence electrons. The van der Waals surface area contributed by atoms with Gasteiger partial charge in [0.05, 0.1) is 0 Å². The molecule has 2 aromatic rings. The van der Waals surface area contributed by atoms with Crippen LogP contribution in [0.25, 0.3) is 0 Å². The number of benzene rings is 1. The molecule has 3 aliphatic rings. The van der Waals surface area contributed by atoms with E-state index in [2.05, 4.69) is 36.8 Å². The number of piperazine rings is 1. The Morgan fingerprint density at radius 3 is 2.58 bits per heavy atom. The lowest BCUT2D eigenvalue weighted by Gasteiger charge is -2.43. The molecule has 5 rings (SSSR count). The Morgan fingerprint density at radius 1 is 0.903 bits per heavy atom. The number of aromatic nitrogens is 2. The standard InChI is InChI=1S/C22H29N5O4/c28-21-11-17(23-22(29)24-21)13-26-5-1-2-18(14-26)27-8-6-25(7-9-27)12-16-3-4-19-20(10-16)31-15-30-19/h3-4,10-11,18H,1-2,5-9,12-15H2,(H2,23,24,28,29). The summed E-state index contributed by atoms with van der Waals surface area (Å²) in [5.74, 6) is 1.68. The number of ether oxygens (including phenoxy) is 2. The highest BCUT2D eigenvalue weighted by atomic mass is 16.7. The second kappa shape index (κ2) is 8.86. The molecule has 0 aliphatic carbocycles. The van der Waals surface area contributed by atoms with Crippen molar-refractivity contribution in [3.05, 3.63) is 56.4 Å².